The Morgan fingerprint density at radius 1 is 0.773 bits per heavy atom. The van der Waals surface area contributed by atoms with E-state index in [2.05, 4.69) is 6.92 Å². The molecule has 1 rings (SSSR count). The molecule has 22 heavy (non-hydrogen) atoms. The minimum Gasteiger partial charge on any atom is -0.218 e. The molecule has 0 spiro atoms. The van der Waals surface area contributed by atoms with E-state index in [1.165, 1.54) is 57.3 Å². The Kier molecular flexibility index (Phi) is 10.1. The molecule has 0 amide bonds. The summed E-state index contributed by atoms with van der Waals surface area (Å²) in [6.07, 6.45) is 15.2. The molecule has 0 aliphatic carbocycles. The number of unbranched alkanes of at least 4 members (excludes halogenated alkanes) is 9. The highest BCUT2D eigenvalue weighted by atomic mass is 32.2. The average Bonchev–Trinajstić information content (AvgIpc) is 2.53. The van der Waals surface area contributed by atoms with E-state index in [-0.39, 0.29) is 6.61 Å². The van der Waals surface area contributed by atoms with Gasteiger partial charge < -0.3 is 0 Å². The molecule has 5 heteroatoms. The molecule has 0 fully saturated rings. The molecule has 0 radical (unpaired) electrons. The Morgan fingerprint density at radius 3 is 1.82 bits per heavy atom. The molecule has 0 saturated carbocycles. The SMILES string of the molecule is CCCCCCCCCCCCOS(=O)(=O)[n+]1ccccc1. The van der Waals surface area contributed by atoms with Gasteiger partial charge in [-0.05, 0) is 6.42 Å². The predicted molar refractivity (Wildman–Crippen MR) is 88.8 cm³/mol. The molecule has 0 aliphatic heterocycles. The summed E-state index contributed by atoms with van der Waals surface area (Å²) < 4.78 is 29.8. The number of aromatic nitrogens is 1. The average molecular weight is 328 g/mol. The third kappa shape index (κ3) is 8.49. The highest BCUT2D eigenvalue weighted by molar-refractivity contribution is 7.80. The van der Waals surface area contributed by atoms with Crippen molar-refractivity contribution < 1.29 is 16.6 Å². The van der Waals surface area contributed by atoms with E-state index >= 15 is 0 Å². The molecule has 0 N–H and O–H groups in total. The Hall–Kier alpha value is -0.940. The van der Waals surface area contributed by atoms with Crippen molar-refractivity contribution in [3.63, 3.8) is 0 Å². The van der Waals surface area contributed by atoms with Gasteiger partial charge in [0.2, 0.25) is 0 Å². The zero-order valence-corrected chi connectivity index (χ0v) is 14.6. The van der Waals surface area contributed by atoms with Crippen LogP contribution in [0.15, 0.2) is 30.6 Å². The van der Waals surface area contributed by atoms with Gasteiger partial charge in [-0.15, -0.1) is 8.42 Å². The molecule has 0 aromatic carbocycles. The summed E-state index contributed by atoms with van der Waals surface area (Å²) in [6.45, 7) is 2.50. The van der Waals surface area contributed by atoms with Gasteiger partial charge in [-0.3, -0.25) is 0 Å². The number of hydrogen-bond donors (Lipinski definition) is 0. The number of hydrogen-bond acceptors (Lipinski definition) is 3. The minimum atomic E-state index is -3.65. The second kappa shape index (κ2) is 11.6. The van der Waals surface area contributed by atoms with Gasteiger partial charge in [-0.2, -0.15) is 0 Å². The van der Waals surface area contributed by atoms with E-state index in [0.717, 1.165) is 23.2 Å². The molecule has 0 saturated heterocycles. The van der Waals surface area contributed by atoms with E-state index in [9.17, 15) is 8.42 Å². The Labute approximate surface area is 135 Å². The first-order valence-electron chi connectivity index (χ1n) is 8.53. The molecule has 1 aromatic rings. The lowest BCUT2D eigenvalue weighted by atomic mass is 10.1. The molecule has 1 heterocycles. The fourth-order valence-electron chi connectivity index (χ4n) is 2.35. The quantitative estimate of drug-likeness (QED) is 0.406. The predicted octanol–water partition coefficient (Wildman–Crippen LogP) is 4.00. The van der Waals surface area contributed by atoms with Crippen LogP contribution in [0.3, 0.4) is 0 Å². The first-order chi connectivity index (χ1) is 10.7. The van der Waals surface area contributed by atoms with Gasteiger partial charge in [0.25, 0.3) is 0 Å². The van der Waals surface area contributed by atoms with E-state index in [4.69, 9.17) is 4.18 Å². The summed E-state index contributed by atoms with van der Waals surface area (Å²) in [6, 6.07) is 5.11. The van der Waals surface area contributed by atoms with E-state index in [1.807, 2.05) is 0 Å². The lowest BCUT2D eigenvalue weighted by molar-refractivity contribution is -0.520. The van der Waals surface area contributed by atoms with Crippen molar-refractivity contribution in [2.24, 2.45) is 0 Å². The zero-order chi connectivity index (χ0) is 16.1. The lowest BCUT2D eigenvalue weighted by Gasteiger charge is -2.02. The molecular formula is C17H30NO3S+. The van der Waals surface area contributed by atoms with Crippen LogP contribution in [0.25, 0.3) is 0 Å². The van der Waals surface area contributed by atoms with Crippen LogP contribution in [0.1, 0.15) is 71.1 Å². The maximum absolute atomic E-state index is 11.8. The van der Waals surface area contributed by atoms with Crippen LogP contribution in [0.5, 0.6) is 0 Å². The van der Waals surface area contributed by atoms with Crippen LogP contribution in [0, 0.1) is 0 Å². The van der Waals surface area contributed by atoms with E-state index in [1.54, 1.807) is 18.2 Å². The summed E-state index contributed by atoms with van der Waals surface area (Å²) in [7, 11) is -3.65. The van der Waals surface area contributed by atoms with Gasteiger partial charge >= 0.3 is 10.3 Å². The third-order valence-electron chi connectivity index (χ3n) is 3.68. The van der Waals surface area contributed by atoms with Crippen LogP contribution in [-0.4, -0.2) is 15.0 Å². The summed E-state index contributed by atoms with van der Waals surface area (Å²) >= 11 is 0. The lowest BCUT2D eigenvalue weighted by Crippen LogP contribution is -2.43. The van der Waals surface area contributed by atoms with Crippen LogP contribution in [-0.2, 0) is 14.5 Å². The summed E-state index contributed by atoms with van der Waals surface area (Å²) in [4.78, 5) is 0. The fraction of sp³-hybridized carbons (Fsp3) is 0.706. The summed E-state index contributed by atoms with van der Waals surface area (Å²) in [5.41, 5.74) is 0. The Balaban J connectivity index is 1.99. The fourth-order valence-corrected chi connectivity index (χ4v) is 3.24. The van der Waals surface area contributed by atoms with Crippen molar-refractivity contribution in [2.75, 3.05) is 6.61 Å². The molecule has 126 valence electrons. The molecule has 0 bridgehead atoms. The highest BCUT2D eigenvalue weighted by Gasteiger charge is 2.21. The first kappa shape index (κ1) is 19.1. The number of nitrogens with zero attached hydrogens (tertiary/aromatic N) is 1. The maximum Gasteiger partial charge on any atom is 0.513 e. The first-order valence-corrected chi connectivity index (χ1v) is 9.89. The van der Waals surface area contributed by atoms with Gasteiger partial charge in [0.15, 0.2) is 12.4 Å². The van der Waals surface area contributed by atoms with Gasteiger partial charge in [0, 0.05) is 12.1 Å². The molecule has 0 atom stereocenters. The van der Waals surface area contributed by atoms with Crippen molar-refractivity contribution >= 4 is 10.3 Å². The molecule has 1 aromatic heterocycles. The summed E-state index contributed by atoms with van der Waals surface area (Å²) in [5.74, 6) is 0. The molecule has 0 aliphatic rings. The van der Waals surface area contributed by atoms with Crippen molar-refractivity contribution in [2.45, 2.75) is 71.1 Å². The van der Waals surface area contributed by atoms with Gasteiger partial charge in [-0.1, -0.05) is 74.7 Å². The van der Waals surface area contributed by atoms with Crippen LogP contribution in [0.4, 0.5) is 0 Å². The van der Waals surface area contributed by atoms with Crippen LogP contribution < -0.4 is 3.97 Å². The second-order valence-electron chi connectivity index (χ2n) is 5.67. The molecule has 0 unspecified atom stereocenters. The number of pyridine rings is 1. The number of rotatable bonds is 13. The minimum absolute atomic E-state index is 0.265. The van der Waals surface area contributed by atoms with E-state index < -0.39 is 10.3 Å². The van der Waals surface area contributed by atoms with Crippen LogP contribution >= 0.6 is 0 Å². The standard InChI is InChI=1S/C17H30NO3S/c1-2-3-4-5-6-7-8-9-10-14-17-21-22(19,20)18-15-12-11-13-16-18/h11-13,15-16H,2-10,14,17H2,1H3/q+1. The van der Waals surface area contributed by atoms with Crippen molar-refractivity contribution in [1.82, 2.24) is 0 Å². The third-order valence-corrected chi connectivity index (χ3v) is 4.90. The van der Waals surface area contributed by atoms with Crippen LogP contribution in [0.2, 0.25) is 0 Å². The Bertz CT molecular complexity index is 474. The second-order valence-corrected chi connectivity index (χ2v) is 7.18. The van der Waals surface area contributed by atoms with E-state index in [0.29, 0.717) is 0 Å². The molecular weight excluding hydrogens is 298 g/mol. The van der Waals surface area contributed by atoms with Crippen molar-refractivity contribution in [3.8, 4) is 0 Å². The summed E-state index contributed by atoms with van der Waals surface area (Å²) in [5, 5.41) is 0. The van der Waals surface area contributed by atoms with Gasteiger partial charge in [-0.25, -0.2) is 4.18 Å². The Morgan fingerprint density at radius 2 is 1.27 bits per heavy atom. The highest BCUT2D eigenvalue weighted by Crippen LogP contribution is 2.10. The van der Waals surface area contributed by atoms with Crippen molar-refractivity contribution in [1.29, 1.82) is 0 Å². The maximum atomic E-state index is 11.8. The van der Waals surface area contributed by atoms with Gasteiger partial charge in [0.1, 0.15) is 0 Å². The van der Waals surface area contributed by atoms with Gasteiger partial charge in [0.05, 0.1) is 6.61 Å². The largest absolute Gasteiger partial charge is 0.513 e. The van der Waals surface area contributed by atoms with Crippen molar-refractivity contribution in [3.05, 3.63) is 30.6 Å². The zero-order valence-electron chi connectivity index (χ0n) is 13.7. The monoisotopic (exact) mass is 328 g/mol. The topological polar surface area (TPSA) is 47.3 Å². The molecule has 4 nitrogen and oxygen atoms in total. The normalized spacial score (nSPS) is 11.7. The smallest absolute Gasteiger partial charge is 0.218 e.